The fourth-order valence-corrected chi connectivity index (χ4v) is 1.73. The molecule has 21 heavy (non-hydrogen) atoms. The van der Waals surface area contributed by atoms with Crippen molar-refractivity contribution in [3.05, 3.63) is 36.0 Å². The summed E-state index contributed by atoms with van der Waals surface area (Å²) < 4.78 is 35.8. The van der Waals surface area contributed by atoms with Crippen LogP contribution in [0.2, 0.25) is 0 Å². The van der Waals surface area contributed by atoms with Crippen molar-refractivity contribution in [2.24, 2.45) is 7.05 Å². The summed E-state index contributed by atoms with van der Waals surface area (Å²) in [6.07, 6.45) is 1.64. The number of nitrogens with zero attached hydrogens (tertiary/aromatic N) is 2. The van der Waals surface area contributed by atoms with Gasteiger partial charge in [-0.2, -0.15) is 13.9 Å². The van der Waals surface area contributed by atoms with E-state index in [1.165, 1.54) is 30.0 Å². The van der Waals surface area contributed by atoms with E-state index in [9.17, 15) is 13.6 Å². The van der Waals surface area contributed by atoms with Crippen LogP contribution in [0.3, 0.4) is 0 Å². The molecule has 0 unspecified atom stereocenters. The lowest BCUT2D eigenvalue weighted by molar-refractivity contribution is -0.0515. The fourth-order valence-electron chi connectivity index (χ4n) is 1.73. The molecule has 6 nitrogen and oxygen atoms in total. The standard InChI is InChI=1S/C13H13F2N3O3/c1-18-7-6-10(17-18)16-12(19)8-4-3-5-9(20-2)11(8)21-13(14)15/h3-7,13H,1-2H3,(H,16,17,19). The molecule has 0 saturated carbocycles. The number of methoxy groups -OCH3 is 1. The molecule has 1 heterocycles. The molecule has 0 bridgehead atoms. The molecule has 1 aromatic heterocycles. The molecule has 0 spiro atoms. The zero-order valence-corrected chi connectivity index (χ0v) is 11.3. The number of aryl methyl sites for hydroxylation is 1. The number of ether oxygens (including phenoxy) is 2. The van der Waals surface area contributed by atoms with Crippen LogP contribution in [0.15, 0.2) is 30.5 Å². The van der Waals surface area contributed by atoms with E-state index in [0.717, 1.165) is 0 Å². The van der Waals surface area contributed by atoms with Gasteiger partial charge >= 0.3 is 6.61 Å². The highest BCUT2D eigenvalue weighted by molar-refractivity contribution is 6.06. The first-order valence-electron chi connectivity index (χ1n) is 5.94. The maximum atomic E-state index is 12.5. The molecule has 0 radical (unpaired) electrons. The molecule has 0 aliphatic rings. The Morgan fingerprint density at radius 1 is 1.38 bits per heavy atom. The van der Waals surface area contributed by atoms with Crippen LogP contribution in [-0.4, -0.2) is 29.4 Å². The first-order valence-corrected chi connectivity index (χ1v) is 5.94. The predicted octanol–water partition coefficient (Wildman–Crippen LogP) is 2.28. The van der Waals surface area contributed by atoms with E-state index in [0.29, 0.717) is 5.82 Å². The van der Waals surface area contributed by atoms with Crippen LogP contribution in [0.5, 0.6) is 11.5 Å². The summed E-state index contributed by atoms with van der Waals surface area (Å²) in [4.78, 5) is 12.2. The van der Waals surface area contributed by atoms with Crippen molar-refractivity contribution in [3.63, 3.8) is 0 Å². The van der Waals surface area contributed by atoms with Crippen LogP contribution < -0.4 is 14.8 Å². The van der Waals surface area contributed by atoms with Crippen LogP contribution >= 0.6 is 0 Å². The van der Waals surface area contributed by atoms with Crippen molar-refractivity contribution in [3.8, 4) is 11.5 Å². The molecule has 1 amide bonds. The molecule has 1 aromatic carbocycles. The third-order valence-electron chi connectivity index (χ3n) is 2.61. The van der Waals surface area contributed by atoms with Crippen molar-refractivity contribution in [1.29, 1.82) is 0 Å². The molecular weight excluding hydrogens is 284 g/mol. The Bertz CT molecular complexity index is 643. The molecule has 112 valence electrons. The van der Waals surface area contributed by atoms with Crippen LogP contribution in [0.25, 0.3) is 0 Å². The lowest BCUT2D eigenvalue weighted by atomic mass is 10.1. The van der Waals surface area contributed by atoms with Gasteiger partial charge in [0.05, 0.1) is 12.7 Å². The number of rotatable bonds is 5. The quantitative estimate of drug-likeness (QED) is 0.919. The minimum absolute atomic E-state index is 0.0453. The van der Waals surface area contributed by atoms with Gasteiger partial charge in [0.25, 0.3) is 5.91 Å². The van der Waals surface area contributed by atoms with Crippen molar-refractivity contribution >= 4 is 11.7 Å². The first-order chi connectivity index (χ1) is 10.0. The predicted molar refractivity (Wildman–Crippen MR) is 70.8 cm³/mol. The molecule has 0 fully saturated rings. The van der Waals surface area contributed by atoms with Crippen molar-refractivity contribution in [2.45, 2.75) is 6.61 Å². The van der Waals surface area contributed by atoms with Gasteiger partial charge in [0.1, 0.15) is 0 Å². The van der Waals surface area contributed by atoms with Crippen molar-refractivity contribution < 1.29 is 23.0 Å². The van der Waals surface area contributed by atoms with Crippen LogP contribution in [0.1, 0.15) is 10.4 Å². The van der Waals surface area contributed by atoms with E-state index >= 15 is 0 Å². The third kappa shape index (κ3) is 3.47. The second kappa shape index (κ2) is 6.21. The summed E-state index contributed by atoms with van der Waals surface area (Å²) in [5, 5.41) is 6.47. The zero-order valence-electron chi connectivity index (χ0n) is 11.3. The zero-order chi connectivity index (χ0) is 15.4. The Labute approximate surface area is 119 Å². The highest BCUT2D eigenvalue weighted by Crippen LogP contribution is 2.32. The number of amides is 1. The maximum absolute atomic E-state index is 12.5. The van der Waals surface area contributed by atoms with Crippen LogP contribution in [0.4, 0.5) is 14.6 Å². The lowest BCUT2D eigenvalue weighted by Gasteiger charge is -2.13. The summed E-state index contributed by atoms with van der Waals surface area (Å²) in [6, 6.07) is 5.87. The van der Waals surface area contributed by atoms with Gasteiger partial charge in [-0.3, -0.25) is 9.48 Å². The number of anilines is 1. The number of alkyl halides is 2. The first kappa shape index (κ1) is 14.8. The monoisotopic (exact) mass is 297 g/mol. The largest absolute Gasteiger partial charge is 0.493 e. The maximum Gasteiger partial charge on any atom is 0.387 e. The number of aromatic nitrogens is 2. The summed E-state index contributed by atoms with van der Waals surface area (Å²) >= 11 is 0. The van der Waals surface area contributed by atoms with E-state index in [1.54, 1.807) is 19.3 Å². The Morgan fingerprint density at radius 3 is 2.71 bits per heavy atom. The summed E-state index contributed by atoms with van der Waals surface area (Å²) in [6.45, 7) is -3.07. The smallest absolute Gasteiger partial charge is 0.387 e. The summed E-state index contributed by atoms with van der Waals surface area (Å²) in [5.41, 5.74) is -0.0692. The van der Waals surface area contributed by atoms with E-state index in [2.05, 4.69) is 15.2 Å². The average Bonchev–Trinajstić information content (AvgIpc) is 2.83. The fraction of sp³-hybridized carbons (Fsp3) is 0.231. The number of carbonyl (C=O) groups excluding carboxylic acids is 1. The van der Waals surface area contributed by atoms with Gasteiger partial charge in [-0.25, -0.2) is 0 Å². The number of para-hydroxylation sites is 1. The number of hydrogen-bond acceptors (Lipinski definition) is 4. The number of nitrogens with one attached hydrogen (secondary N) is 1. The Kier molecular flexibility index (Phi) is 4.36. The Hall–Kier alpha value is -2.64. The highest BCUT2D eigenvalue weighted by Gasteiger charge is 2.20. The second-order valence-corrected chi connectivity index (χ2v) is 4.04. The van der Waals surface area contributed by atoms with Gasteiger partial charge in [0.2, 0.25) is 0 Å². The van der Waals surface area contributed by atoms with E-state index in [4.69, 9.17) is 4.74 Å². The minimum atomic E-state index is -3.07. The van der Waals surface area contributed by atoms with Gasteiger partial charge in [0.15, 0.2) is 17.3 Å². The summed E-state index contributed by atoms with van der Waals surface area (Å²) in [5.74, 6) is -0.594. The van der Waals surface area contributed by atoms with Gasteiger partial charge in [-0.1, -0.05) is 6.07 Å². The molecule has 2 rings (SSSR count). The van der Waals surface area contributed by atoms with E-state index in [1.807, 2.05) is 0 Å². The number of hydrogen-bond donors (Lipinski definition) is 1. The van der Waals surface area contributed by atoms with E-state index in [-0.39, 0.29) is 17.1 Å². The van der Waals surface area contributed by atoms with Crippen molar-refractivity contribution in [2.75, 3.05) is 12.4 Å². The van der Waals surface area contributed by atoms with Gasteiger partial charge in [0, 0.05) is 19.3 Å². The minimum Gasteiger partial charge on any atom is -0.493 e. The second-order valence-electron chi connectivity index (χ2n) is 4.04. The molecule has 0 aliphatic carbocycles. The number of carbonyl (C=O) groups is 1. The van der Waals surface area contributed by atoms with Gasteiger partial charge < -0.3 is 14.8 Å². The molecule has 2 aromatic rings. The van der Waals surface area contributed by atoms with Gasteiger partial charge in [-0.05, 0) is 12.1 Å². The van der Waals surface area contributed by atoms with Crippen LogP contribution in [0, 0.1) is 0 Å². The topological polar surface area (TPSA) is 65.4 Å². The van der Waals surface area contributed by atoms with Gasteiger partial charge in [-0.15, -0.1) is 0 Å². The molecule has 0 atom stereocenters. The molecular formula is C13H13F2N3O3. The van der Waals surface area contributed by atoms with Crippen molar-refractivity contribution in [1.82, 2.24) is 9.78 Å². The molecule has 0 saturated heterocycles. The molecule has 0 aliphatic heterocycles. The SMILES string of the molecule is COc1cccc(C(=O)Nc2ccn(C)n2)c1OC(F)F. The van der Waals surface area contributed by atoms with E-state index < -0.39 is 12.5 Å². The third-order valence-corrected chi connectivity index (χ3v) is 2.61. The molecule has 8 heteroatoms. The lowest BCUT2D eigenvalue weighted by Crippen LogP contribution is -2.16. The van der Waals surface area contributed by atoms with Crippen LogP contribution in [-0.2, 0) is 7.05 Å². The Balaban J connectivity index is 2.31. The normalized spacial score (nSPS) is 10.5. The number of halogens is 2. The number of benzene rings is 1. The highest BCUT2D eigenvalue weighted by atomic mass is 19.3. The summed E-state index contributed by atoms with van der Waals surface area (Å²) in [7, 11) is 2.99. The molecule has 1 N–H and O–H groups in total. The average molecular weight is 297 g/mol. The Morgan fingerprint density at radius 2 is 2.14 bits per heavy atom.